The molecule has 0 saturated carbocycles. The summed E-state index contributed by atoms with van der Waals surface area (Å²) in [6.07, 6.45) is 0.485. The molecule has 0 bridgehead atoms. The standard InChI is InChI=1S/C22H26Cl2N2O3/c1-4-19(22(28)25-15(2)3)26(13-16-8-6-5-7-9-16)21(27)14-29-20-11-10-17(23)12-18(20)24/h5-12,15,19H,4,13-14H2,1-3H3,(H,25,28). The van der Waals surface area contributed by atoms with Crippen molar-refractivity contribution in [3.63, 3.8) is 0 Å². The quantitative estimate of drug-likeness (QED) is 0.619. The molecule has 2 aromatic rings. The lowest BCUT2D eigenvalue weighted by atomic mass is 10.1. The number of rotatable bonds is 9. The third kappa shape index (κ3) is 6.94. The van der Waals surface area contributed by atoms with Gasteiger partial charge in [0.05, 0.1) is 5.02 Å². The highest BCUT2D eigenvalue weighted by atomic mass is 35.5. The maximum absolute atomic E-state index is 13.0. The summed E-state index contributed by atoms with van der Waals surface area (Å²) in [5.74, 6) is -0.120. The molecule has 2 rings (SSSR count). The van der Waals surface area contributed by atoms with E-state index in [0.717, 1.165) is 5.56 Å². The highest BCUT2D eigenvalue weighted by Gasteiger charge is 2.29. The van der Waals surface area contributed by atoms with Crippen LogP contribution in [-0.2, 0) is 16.1 Å². The van der Waals surface area contributed by atoms with Crippen molar-refractivity contribution >= 4 is 35.0 Å². The van der Waals surface area contributed by atoms with Crippen molar-refractivity contribution in [1.82, 2.24) is 10.2 Å². The molecule has 0 heterocycles. The summed E-state index contributed by atoms with van der Waals surface area (Å²) in [5.41, 5.74) is 0.932. The van der Waals surface area contributed by atoms with E-state index in [4.69, 9.17) is 27.9 Å². The summed E-state index contributed by atoms with van der Waals surface area (Å²) >= 11 is 12.0. The SMILES string of the molecule is CCC(C(=O)NC(C)C)N(Cc1ccccc1)C(=O)COc1ccc(Cl)cc1Cl. The first kappa shape index (κ1) is 23.0. The van der Waals surface area contributed by atoms with E-state index in [-0.39, 0.29) is 24.5 Å². The molecular weight excluding hydrogens is 411 g/mol. The number of carbonyl (C=O) groups excluding carboxylic acids is 2. The van der Waals surface area contributed by atoms with Gasteiger partial charge in [-0.15, -0.1) is 0 Å². The van der Waals surface area contributed by atoms with Crippen molar-refractivity contribution in [2.45, 2.75) is 45.8 Å². The lowest BCUT2D eigenvalue weighted by Gasteiger charge is -2.31. The zero-order valence-corrected chi connectivity index (χ0v) is 18.3. The Bertz CT molecular complexity index is 828. The van der Waals surface area contributed by atoms with Gasteiger partial charge in [-0.3, -0.25) is 9.59 Å². The summed E-state index contributed by atoms with van der Waals surface area (Å²) < 4.78 is 5.61. The van der Waals surface area contributed by atoms with E-state index < -0.39 is 6.04 Å². The molecule has 1 atom stereocenters. The van der Waals surface area contributed by atoms with Gasteiger partial charge in [-0.1, -0.05) is 60.5 Å². The number of halogens is 2. The van der Waals surface area contributed by atoms with Crippen LogP contribution >= 0.6 is 23.2 Å². The third-order valence-corrected chi connectivity index (χ3v) is 4.79. The average molecular weight is 437 g/mol. The number of ether oxygens (including phenoxy) is 1. The minimum Gasteiger partial charge on any atom is -0.482 e. The third-order valence-electron chi connectivity index (χ3n) is 4.26. The molecule has 2 amide bonds. The van der Waals surface area contributed by atoms with Crippen molar-refractivity contribution in [2.24, 2.45) is 0 Å². The molecule has 0 saturated heterocycles. The Morgan fingerprint density at radius 2 is 1.79 bits per heavy atom. The van der Waals surface area contributed by atoms with Crippen molar-refractivity contribution in [2.75, 3.05) is 6.61 Å². The number of nitrogens with zero attached hydrogens (tertiary/aromatic N) is 1. The topological polar surface area (TPSA) is 58.6 Å². The number of benzene rings is 2. The van der Waals surface area contributed by atoms with Crippen LogP contribution < -0.4 is 10.1 Å². The Morgan fingerprint density at radius 1 is 1.10 bits per heavy atom. The predicted octanol–water partition coefficient (Wildman–Crippen LogP) is 4.70. The fourth-order valence-corrected chi connectivity index (χ4v) is 3.36. The Labute approximate surface area is 181 Å². The van der Waals surface area contributed by atoms with Gasteiger partial charge in [-0.05, 0) is 44.0 Å². The van der Waals surface area contributed by atoms with Gasteiger partial charge in [0.15, 0.2) is 6.61 Å². The average Bonchev–Trinajstić information content (AvgIpc) is 2.67. The van der Waals surface area contributed by atoms with Crippen LogP contribution in [0, 0.1) is 0 Å². The zero-order valence-electron chi connectivity index (χ0n) is 16.8. The molecule has 0 radical (unpaired) electrons. The van der Waals surface area contributed by atoms with Gasteiger partial charge < -0.3 is 15.0 Å². The number of hydrogen-bond donors (Lipinski definition) is 1. The summed E-state index contributed by atoms with van der Waals surface area (Å²) in [4.78, 5) is 27.3. The molecule has 29 heavy (non-hydrogen) atoms. The lowest BCUT2D eigenvalue weighted by molar-refractivity contribution is -0.143. The molecule has 156 valence electrons. The van der Waals surface area contributed by atoms with Crippen molar-refractivity contribution < 1.29 is 14.3 Å². The fraction of sp³-hybridized carbons (Fsp3) is 0.364. The highest BCUT2D eigenvalue weighted by Crippen LogP contribution is 2.27. The summed E-state index contributed by atoms with van der Waals surface area (Å²) in [6.45, 7) is 5.73. The first-order chi connectivity index (χ1) is 13.8. The van der Waals surface area contributed by atoms with Crippen molar-refractivity contribution in [3.8, 4) is 5.75 Å². The van der Waals surface area contributed by atoms with Crippen LogP contribution in [-0.4, -0.2) is 35.4 Å². The van der Waals surface area contributed by atoms with Crippen LogP contribution in [0.5, 0.6) is 5.75 Å². The monoisotopic (exact) mass is 436 g/mol. The van der Waals surface area contributed by atoms with Crippen LogP contribution in [0.3, 0.4) is 0 Å². The Kier molecular flexibility index (Phi) is 8.80. The van der Waals surface area contributed by atoms with E-state index in [1.54, 1.807) is 23.1 Å². The van der Waals surface area contributed by atoms with E-state index in [0.29, 0.717) is 28.8 Å². The van der Waals surface area contributed by atoms with Crippen LogP contribution in [0.4, 0.5) is 0 Å². The largest absolute Gasteiger partial charge is 0.482 e. The van der Waals surface area contributed by atoms with E-state index in [1.165, 1.54) is 0 Å². The summed E-state index contributed by atoms with van der Waals surface area (Å²) in [5, 5.41) is 3.70. The Morgan fingerprint density at radius 3 is 2.38 bits per heavy atom. The molecule has 0 spiro atoms. The fourth-order valence-electron chi connectivity index (χ4n) is 2.89. The maximum atomic E-state index is 13.0. The second kappa shape index (κ2) is 11.1. The zero-order chi connectivity index (χ0) is 21.4. The van der Waals surface area contributed by atoms with Crippen LogP contribution in [0.2, 0.25) is 10.0 Å². The van der Waals surface area contributed by atoms with E-state index in [1.807, 2.05) is 51.1 Å². The van der Waals surface area contributed by atoms with Gasteiger partial charge in [0.25, 0.3) is 5.91 Å². The Balaban J connectivity index is 2.20. The molecule has 0 aliphatic rings. The molecular formula is C22H26Cl2N2O3. The minimum absolute atomic E-state index is 0.0191. The second-order valence-corrected chi connectivity index (χ2v) is 7.80. The van der Waals surface area contributed by atoms with Gasteiger partial charge in [0.2, 0.25) is 5.91 Å². The van der Waals surface area contributed by atoms with Gasteiger partial charge in [-0.2, -0.15) is 0 Å². The maximum Gasteiger partial charge on any atom is 0.261 e. The summed E-state index contributed by atoms with van der Waals surface area (Å²) in [7, 11) is 0. The molecule has 0 aliphatic carbocycles. The van der Waals surface area contributed by atoms with Gasteiger partial charge >= 0.3 is 0 Å². The van der Waals surface area contributed by atoms with Crippen LogP contribution in [0.15, 0.2) is 48.5 Å². The molecule has 7 heteroatoms. The van der Waals surface area contributed by atoms with Gasteiger partial charge in [0.1, 0.15) is 11.8 Å². The predicted molar refractivity (Wildman–Crippen MR) is 116 cm³/mol. The van der Waals surface area contributed by atoms with E-state index in [2.05, 4.69) is 5.32 Å². The molecule has 0 aliphatic heterocycles. The number of amides is 2. The molecule has 2 aromatic carbocycles. The van der Waals surface area contributed by atoms with Crippen LogP contribution in [0.1, 0.15) is 32.8 Å². The molecule has 1 unspecified atom stereocenters. The Hall–Kier alpha value is -2.24. The van der Waals surface area contributed by atoms with Gasteiger partial charge in [0, 0.05) is 17.6 Å². The van der Waals surface area contributed by atoms with Crippen molar-refractivity contribution in [3.05, 3.63) is 64.1 Å². The van der Waals surface area contributed by atoms with E-state index >= 15 is 0 Å². The van der Waals surface area contributed by atoms with Crippen molar-refractivity contribution in [1.29, 1.82) is 0 Å². The first-order valence-corrected chi connectivity index (χ1v) is 10.3. The lowest BCUT2D eigenvalue weighted by Crippen LogP contribution is -2.51. The number of hydrogen-bond acceptors (Lipinski definition) is 3. The smallest absolute Gasteiger partial charge is 0.261 e. The first-order valence-electron chi connectivity index (χ1n) is 9.53. The molecule has 0 fully saturated rings. The highest BCUT2D eigenvalue weighted by molar-refractivity contribution is 6.35. The minimum atomic E-state index is -0.602. The van der Waals surface area contributed by atoms with Crippen LogP contribution in [0.25, 0.3) is 0 Å². The number of carbonyl (C=O) groups is 2. The van der Waals surface area contributed by atoms with E-state index in [9.17, 15) is 9.59 Å². The molecule has 0 aromatic heterocycles. The number of nitrogens with one attached hydrogen (secondary N) is 1. The normalized spacial score (nSPS) is 11.8. The second-order valence-electron chi connectivity index (χ2n) is 6.96. The molecule has 1 N–H and O–H groups in total. The van der Waals surface area contributed by atoms with Gasteiger partial charge in [-0.25, -0.2) is 0 Å². The molecule has 5 nitrogen and oxygen atoms in total. The summed E-state index contributed by atoms with van der Waals surface area (Å²) in [6, 6.07) is 13.7.